The van der Waals surface area contributed by atoms with Gasteiger partial charge in [0, 0.05) is 24.8 Å². The Morgan fingerprint density at radius 1 is 1.37 bits per heavy atom. The van der Waals surface area contributed by atoms with Gasteiger partial charge in [0.05, 0.1) is 6.61 Å². The van der Waals surface area contributed by atoms with Crippen LogP contribution in [0.1, 0.15) is 59.3 Å². The van der Waals surface area contributed by atoms with Crippen molar-refractivity contribution in [3.8, 4) is 0 Å². The summed E-state index contributed by atoms with van der Waals surface area (Å²) in [6.07, 6.45) is 5.38. The average Bonchev–Trinajstić information content (AvgIpc) is 2.38. The predicted molar refractivity (Wildman–Crippen MR) is 74.6 cm³/mol. The minimum atomic E-state index is -0.149. The van der Waals surface area contributed by atoms with E-state index in [4.69, 9.17) is 9.47 Å². The lowest BCUT2D eigenvalue weighted by atomic mass is 9.77. The van der Waals surface area contributed by atoms with E-state index < -0.39 is 0 Å². The van der Waals surface area contributed by atoms with Crippen molar-refractivity contribution in [1.29, 1.82) is 0 Å². The fourth-order valence-electron chi connectivity index (χ4n) is 2.97. The summed E-state index contributed by atoms with van der Waals surface area (Å²) in [5.74, 6) is 1.99. The largest absolute Gasteiger partial charge is 0.469 e. The van der Waals surface area contributed by atoms with Crippen LogP contribution >= 0.6 is 0 Å². The molecule has 2 aliphatic rings. The van der Waals surface area contributed by atoms with Crippen molar-refractivity contribution in [1.82, 2.24) is 0 Å². The van der Waals surface area contributed by atoms with Crippen LogP contribution in [0.25, 0.3) is 0 Å². The zero-order valence-electron chi connectivity index (χ0n) is 12.4. The Balaban J connectivity index is 2.10. The molecule has 0 spiro atoms. The third-order valence-electron chi connectivity index (χ3n) is 4.11. The van der Waals surface area contributed by atoms with Crippen LogP contribution in [0, 0.1) is 11.8 Å². The SMILES string of the molecule is CCCCOC1CC(C(C)C)C2=C(CCCC2=O)O1. The number of ether oxygens (including phenoxy) is 2. The number of hydrogen-bond acceptors (Lipinski definition) is 3. The van der Waals surface area contributed by atoms with Gasteiger partial charge in [-0.1, -0.05) is 27.2 Å². The molecule has 0 bridgehead atoms. The molecular formula is C16H26O3. The second-order valence-electron chi connectivity index (χ2n) is 5.97. The lowest BCUT2D eigenvalue weighted by Crippen LogP contribution is -2.35. The summed E-state index contributed by atoms with van der Waals surface area (Å²) < 4.78 is 11.7. The van der Waals surface area contributed by atoms with E-state index in [1.54, 1.807) is 0 Å². The summed E-state index contributed by atoms with van der Waals surface area (Å²) >= 11 is 0. The van der Waals surface area contributed by atoms with E-state index in [-0.39, 0.29) is 6.29 Å². The summed E-state index contributed by atoms with van der Waals surface area (Å²) in [6.45, 7) is 7.28. The maximum Gasteiger partial charge on any atom is 0.199 e. The Labute approximate surface area is 116 Å². The molecule has 0 amide bonds. The Morgan fingerprint density at radius 2 is 2.16 bits per heavy atom. The molecular weight excluding hydrogens is 240 g/mol. The van der Waals surface area contributed by atoms with Crippen LogP contribution in [-0.2, 0) is 14.3 Å². The van der Waals surface area contributed by atoms with E-state index in [1.165, 1.54) is 0 Å². The molecule has 1 aliphatic heterocycles. The highest BCUT2D eigenvalue weighted by Gasteiger charge is 2.37. The minimum Gasteiger partial charge on any atom is -0.469 e. The van der Waals surface area contributed by atoms with Crippen LogP contribution in [0.3, 0.4) is 0 Å². The second kappa shape index (κ2) is 6.56. The van der Waals surface area contributed by atoms with Crippen molar-refractivity contribution in [3.63, 3.8) is 0 Å². The molecule has 19 heavy (non-hydrogen) atoms. The first-order valence-electron chi connectivity index (χ1n) is 7.68. The molecule has 0 aromatic rings. The van der Waals surface area contributed by atoms with Gasteiger partial charge in [-0.15, -0.1) is 0 Å². The van der Waals surface area contributed by atoms with Crippen molar-refractivity contribution < 1.29 is 14.3 Å². The van der Waals surface area contributed by atoms with Gasteiger partial charge in [0.1, 0.15) is 5.76 Å². The highest BCUT2D eigenvalue weighted by Crippen LogP contribution is 2.40. The van der Waals surface area contributed by atoms with Crippen LogP contribution in [0.5, 0.6) is 0 Å². The van der Waals surface area contributed by atoms with Crippen molar-refractivity contribution in [2.24, 2.45) is 11.8 Å². The second-order valence-corrected chi connectivity index (χ2v) is 5.97. The molecule has 1 aliphatic carbocycles. The predicted octanol–water partition coefficient (Wildman–Crippen LogP) is 3.83. The van der Waals surface area contributed by atoms with Gasteiger partial charge in [0.2, 0.25) is 0 Å². The lowest BCUT2D eigenvalue weighted by Gasteiger charge is -2.37. The van der Waals surface area contributed by atoms with E-state index in [0.717, 1.165) is 50.0 Å². The first-order chi connectivity index (χ1) is 9.13. The summed E-state index contributed by atoms with van der Waals surface area (Å²) in [5, 5.41) is 0. The van der Waals surface area contributed by atoms with Gasteiger partial charge in [-0.25, -0.2) is 0 Å². The summed E-state index contributed by atoms with van der Waals surface area (Å²) in [7, 11) is 0. The first-order valence-corrected chi connectivity index (χ1v) is 7.68. The molecule has 0 saturated carbocycles. The van der Waals surface area contributed by atoms with Crippen molar-refractivity contribution in [3.05, 3.63) is 11.3 Å². The Bertz CT molecular complexity index is 357. The van der Waals surface area contributed by atoms with Gasteiger partial charge < -0.3 is 9.47 Å². The average molecular weight is 266 g/mol. The molecule has 0 N–H and O–H groups in total. The lowest BCUT2D eigenvalue weighted by molar-refractivity contribution is -0.146. The van der Waals surface area contributed by atoms with Crippen molar-refractivity contribution in [2.45, 2.75) is 65.6 Å². The van der Waals surface area contributed by atoms with Crippen LogP contribution in [0.15, 0.2) is 11.3 Å². The molecule has 0 radical (unpaired) electrons. The molecule has 2 atom stereocenters. The van der Waals surface area contributed by atoms with Crippen LogP contribution in [0.4, 0.5) is 0 Å². The smallest absolute Gasteiger partial charge is 0.199 e. The molecule has 2 rings (SSSR count). The number of rotatable bonds is 5. The van der Waals surface area contributed by atoms with E-state index in [2.05, 4.69) is 20.8 Å². The minimum absolute atomic E-state index is 0.149. The number of allylic oxidation sites excluding steroid dienone is 2. The number of hydrogen-bond donors (Lipinski definition) is 0. The van der Waals surface area contributed by atoms with Crippen LogP contribution in [0.2, 0.25) is 0 Å². The quantitative estimate of drug-likeness (QED) is 0.709. The highest BCUT2D eigenvalue weighted by molar-refractivity contribution is 5.97. The fraction of sp³-hybridized carbons (Fsp3) is 0.812. The van der Waals surface area contributed by atoms with Gasteiger partial charge in [0.15, 0.2) is 12.1 Å². The molecule has 1 heterocycles. The Hall–Kier alpha value is -0.830. The highest BCUT2D eigenvalue weighted by atomic mass is 16.7. The summed E-state index contributed by atoms with van der Waals surface area (Å²) in [4.78, 5) is 12.1. The van der Waals surface area contributed by atoms with Crippen LogP contribution in [-0.4, -0.2) is 18.7 Å². The van der Waals surface area contributed by atoms with Crippen LogP contribution < -0.4 is 0 Å². The van der Waals surface area contributed by atoms with Crippen molar-refractivity contribution in [2.75, 3.05) is 6.61 Å². The third kappa shape index (κ3) is 3.38. The van der Waals surface area contributed by atoms with E-state index in [1.807, 2.05) is 0 Å². The number of unbranched alkanes of at least 4 members (excludes halogenated alkanes) is 1. The molecule has 0 aromatic heterocycles. The monoisotopic (exact) mass is 266 g/mol. The first kappa shape index (κ1) is 14.6. The van der Waals surface area contributed by atoms with E-state index >= 15 is 0 Å². The zero-order valence-corrected chi connectivity index (χ0v) is 12.4. The molecule has 0 fully saturated rings. The number of ketones is 1. The maximum absolute atomic E-state index is 12.1. The molecule has 0 saturated heterocycles. The summed E-state index contributed by atoms with van der Waals surface area (Å²) in [5.41, 5.74) is 0.969. The molecule has 2 unspecified atom stereocenters. The number of carbonyl (C=O) groups excluding carboxylic acids is 1. The zero-order chi connectivity index (χ0) is 13.8. The number of Topliss-reactive ketones (excluding diaryl/α,β-unsaturated/α-hetero) is 1. The van der Waals surface area contributed by atoms with E-state index in [9.17, 15) is 4.79 Å². The molecule has 108 valence electrons. The van der Waals surface area contributed by atoms with Gasteiger partial charge in [0.25, 0.3) is 0 Å². The maximum atomic E-state index is 12.1. The molecule has 3 heteroatoms. The van der Waals surface area contributed by atoms with Gasteiger partial charge in [-0.3, -0.25) is 4.79 Å². The van der Waals surface area contributed by atoms with Crippen molar-refractivity contribution >= 4 is 5.78 Å². The van der Waals surface area contributed by atoms with E-state index in [0.29, 0.717) is 24.0 Å². The van der Waals surface area contributed by atoms with Gasteiger partial charge >= 0.3 is 0 Å². The normalized spacial score (nSPS) is 27.5. The molecule has 3 nitrogen and oxygen atoms in total. The standard InChI is InChI=1S/C16H26O3/c1-4-5-9-18-15-10-12(11(2)3)16-13(17)7-6-8-14(16)19-15/h11-12,15H,4-10H2,1-3H3. The fourth-order valence-corrected chi connectivity index (χ4v) is 2.97. The Morgan fingerprint density at radius 3 is 2.84 bits per heavy atom. The number of carbonyl (C=O) groups is 1. The third-order valence-corrected chi connectivity index (χ3v) is 4.11. The topological polar surface area (TPSA) is 35.5 Å². The Kier molecular flexibility index (Phi) is 5.03. The summed E-state index contributed by atoms with van der Waals surface area (Å²) in [6, 6.07) is 0. The van der Waals surface area contributed by atoms with Gasteiger partial charge in [-0.05, 0) is 24.7 Å². The van der Waals surface area contributed by atoms with Gasteiger partial charge in [-0.2, -0.15) is 0 Å². The molecule has 0 aromatic carbocycles.